The Kier molecular flexibility index (Phi) is 5.24. The number of hydrogen-bond donors (Lipinski definition) is 3. The third-order valence-corrected chi connectivity index (χ3v) is 3.49. The van der Waals surface area contributed by atoms with E-state index in [2.05, 4.69) is 10.6 Å². The average Bonchev–Trinajstić information content (AvgIpc) is 2.50. The van der Waals surface area contributed by atoms with Crippen LogP contribution in [0.25, 0.3) is 0 Å². The van der Waals surface area contributed by atoms with Crippen LogP contribution in [-0.2, 0) is 11.3 Å². The van der Waals surface area contributed by atoms with E-state index in [-0.39, 0.29) is 23.3 Å². The van der Waals surface area contributed by atoms with Crippen LogP contribution >= 0.6 is 11.6 Å². The number of carbonyl (C=O) groups excluding carboxylic acids is 2. The van der Waals surface area contributed by atoms with Gasteiger partial charge in [-0.25, -0.2) is 0 Å². The van der Waals surface area contributed by atoms with E-state index in [1.807, 2.05) is 0 Å². The van der Waals surface area contributed by atoms with E-state index < -0.39 is 0 Å². The minimum atomic E-state index is -0.354. The molecule has 0 atom stereocenters. The molecule has 0 heterocycles. The number of phenolic OH excluding ortho intramolecular Hbond substituents is 1. The number of nitrogens with one attached hydrogen (secondary N) is 2. The molecule has 2 aromatic carbocycles. The number of aromatic hydroxyl groups is 1. The van der Waals surface area contributed by atoms with Crippen molar-refractivity contribution in [1.82, 2.24) is 5.32 Å². The SMILES string of the molecule is CC(=O)NCc1ccc(C(=O)Nc2cc(Cl)cc(C)c2O)cc1. The van der Waals surface area contributed by atoms with Gasteiger partial charge >= 0.3 is 0 Å². The number of carbonyl (C=O) groups is 2. The Morgan fingerprint density at radius 1 is 1.17 bits per heavy atom. The molecule has 0 saturated carbocycles. The summed E-state index contributed by atoms with van der Waals surface area (Å²) < 4.78 is 0. The highest BCUT2D eigenvalue weighted by molar-refractivity contribution is 6.31. The van der Waals surface area contributed by atoms with Gasteiger partial charge in [0.05, 0.1) is 5.69 Å². The lowest BCUT2D eigenvalue weighted by atomic mass is 10.1. The number of rotatable bonds is 4. The maximum absolute atomic E-state index is 12.2. The van der Waals surface area contributed by atoms with Crippen molar-refractivity contribution in [2.24, 2.45) is 0 Å². The van der Waals surface area contributed by atoms with E-state index in [0.29, 0.717) is 22.7 Å². The fraction of sp³-hybridized carbons (Fsp3) is 0.176. The smallest absolute Gasteiger partial charge is 0.255 e. The molecule has 3 N–H and O–H groups in total. The molecule has 0 aliphatic rings. The highest BCUT2D eigenvalue weighted by Crippen LogP contribution is 2.31. The Labute approximate surface area is 139 Å². The fourth-order valence-electron chi connectivity index (χ4n) is 2.03. The monoisotopic (exact) mass is 332 g/mol. The predicted molar refractivity (Wildman–Crippen MR) is 89.8 cm³/mol. The normalized spacial score (nSPS) is 10.2. The zero-order valence-corrected chi connectivity index (χ0v) is 13.6. The van der Waals surface area contributed by atoms with Crippen LogP contribution in [0.4, 0.5) is 5.69 Å². The zero-order chi connectivity index (χ0) is 17.0. The van der Waals surface area contributed by atoms with Crippen molar-refractivity contribution in [2.45, 2.75) is 20.4 Å². The minimum absolute atomic E-state index is 0.00923. The van der Waals surface area contributed by atoms with E-state index in [4.69, 9.17) is 11.6 Å². The Hall–Kier alpha value is -2.53. The van der Waals surface area contributed by atoms with Crippen molar-refractivity contribution in [3.8, 4) is 5.75 Å². The second kappa shape index (κ2) is 7.15. The Balaban J connectivity index is 2.11. The van der Waals surface area contributed by atoms with E-state index in [9.17, 15) is 14.7 Å². The van der Waals surface area contributed by atoms with Crippen molar-refractivity contribution in [3.05, 3.63) is 58.1 Å². The van der Waals surface area contributed by atoms with Gasteiger partial charge in [0.15, 0.2) is 0 Å². The lowest BCUT2D eigenvalue weighted by Gasteiger charge is -2.10. The predicted octanol–water partition coefficient (Wildman–Crippen LogP) is 3.24. The standard InChI is InChI=1S/C17H17ClN2O3/c1-10-7-14(18)8-15(16(10)22)20-17(23)13-5-3-12(4-6-13)9-19-11(2)21/h3-8,22H,9H2,1-2H3,(H,19,21)(H,20,23). The molecule has 6 heteroatoms. The molecule has 0 unspecified atom stereocenters. The zero-order valence-electron chi connectivity index (χ0n) is 12.8. The molecule has 5 nitrogen and oxygen atoms in total. The summed E-state index contributed by atoms with van der Waals surface area (Å²) >= 11 is 5.94. The van der Waals surface area contributed by atoms with Gasteiger partial charge in [-0.05, 0) is 42.3 Å². The second-order valence-electron chi connectivity index (χ2n) is 5.18. The Morgan fingerprint density at radius 3 is 2.43 bits per heavy atom. The highest BCUT2D eigenvalue weighted by atomic mass is 35.5. The number of aryl methyl sites for hydroxylation is 1. The summed E-state index contributed by atoms with van der Waals surface area (Å²) in [5, 5.41) is 15.7. The van der Waals surface area contributed by atoms with Crippen LogP contribution in [0.1, 0.15) is 28.4 Å². The van der Waals surface area contributed by atoms with Crippen LogP contribution in [0.15, 0.2) is 36.4 Å². The minimum Gasteiger partial charge on any atom is -0.505 e. The summed E-state index contributed by atoms with van der Waals surface area (Å²) in [7, 11) is 0. The lowest BCUT2D eigenvalue weighted by molar-refractivity contribution is -0.119. The molecule has 0 aliphatic carbocycles. The highest BCUT2D eigenvalue weighted by Gasteiger charge is 2.11. The molecule has 0 aliphatic heterocycles. The molecular formula is C17H17ClN2O3. The third kappa shape index (κ3) is 4.47. The molecule has 23 heavy (non-hydrogen) atoms. The first-order valence-electron chi connectivity index (χ1n) is 7.00. The molecule has 0 spiro atoms. The summed E-state index contributed by atoms with van der Waals surface area (Å²) in [5.74, 6) is -0.475. The molecule has 0 saturated heterocycles. The number of anilines is 1. The molecule has 0 aromatic heterocycles. The van der Waals surface area contributed by atoms with Crippen molar-refractivity contribution in [1.29, 1.82) is 0 Å². The van der Waals surface area contributed by atoms with Crippen molar-refractivity contribution in [2.75, 3.05) is 5.32 Å². The summed E-state index contributed by atoms with van der Waals surface area (Å²) in [6, 6.07) is 9.93. The van der Waals surface area contributed by atoms with E-state index in [0.717, 1.165) is 5.56 Å². The van der Waals surface area contributed by atoms with Crippen molar-refractivity contribution >= 4 is 29.1 Å². The van der Waals surface area contributed by atoms with E-state index >= 15 is 0 Å². The molecule has 2 rings (SSSR count). The van der Waals surface area contributed by atoms with Gasteiger partial charge in [-0.1, -0.05) is 23.7 Å². The van der Waals surface area contributed by atoms with Gasteiger partial charge in [0.25, 0.3) is 5.91 Å². The summed E-state index contributed by atoms with van der Waals surface area (Å²) in [6.07, 6.45) is 0. The summed E-state index contributed by atoms with van der Waals surface area (Å²) in [6.45, 7) is 3.56. The third-order valence-electron chi connectivity index (χ3n) is 3.27. The van der Waals surface area contributed by atoms with Crippen LogP contribution in [0.2, 0.25) is 5.02 Å². The molecule has 0 bridgehead atoms. The van der Waals surface area contributed by atoms with Crippen molar-refractivity contribution < 1.29 is 14.7 Å². The number of halogens is 1. The molecule has 0 fully saturated rings. The number of benzene rings is 2. The molecular weight excluding hydrogens is 316 g/mol. The first-order valence-corrected chi connectivity index (χ1v) is 7.38. The van der Waals surface area contributed by atoms with Gasteiger partial charge in [-0.3, -0.25) is 9.59 Å². The first kappa shape index (κ1) is 16.8. The van der Waals surface area contributed by atoms with Gasteiger partial charge in [0.2, 0.25) is 5.91 Å². The molecule has 2 amide bonds. The van der Waals surface area contributed by atoms with Crippen LogP contribution < -0.4 is 10.6 Å². The topological polar surface area (TPSA) is 78.4 Å². The van der Waals surface area contributed by atoms with Gasteiger partial charge < -0.3 is 15.7 Å². The van der Waals surface area contributed by atoms with Crippen LogP contribution in [0.3, 0.4) is 0 Å². The maximum Gasteiger partial charge on any atom is 0.255 e. The summed E-state index contributed by atoms with van der Waals surface area (Å²) in [5.41, 5.74) is 2.17. The largest absolute Gasteiger partial charge is 0.505 e. The van der Waals surface area contributed by atoms with Crippen LogP contribution in [-0.4, -0.2) is 16.9 Å². The fourth-order valence-corrected chi connectivity index (χ4v) is 2.30. The van der Waals surface area contributed by atoms with Crippen molar-refractivity contribution in [3.63, 3.8) is 0 Å². The van der Waals surface area contributed by atoms with E-state index in [1.54, 1.807) is 37.3 Å². The molecule has 120 valence electrons. The summed E-state index contributed by atoms with van der Waals surface area (Å²) in [4.78, 5) is 23.1. The van der Waals surface area contributed by atoms with Crippen LogP contribution in [0, 0.1) is 6.92 Å². The van der Waals surface area contributed by atoms with Gasteiger partial charge in [0.1, 0.15) is 5.75 Å². The van der Waals surface area contributed by atoms with Gasteiger partial charge in [-0.2, -0.15) is 0 Å². The molecule has 2 aromatic rings. The second-order valence-corrected chi connectivity index (χ2v) is 5.62. The Bertz CT molecular complexity index is 742. The van der Waals surface area contributed by atoms with Crippen LogP contribution in [0.5, 0.6) is 5.75 Å². The quantitative estimate of drug-likeness (QED) is 0.752. The van der Waals surface area contributed by atoms with Gasteiger partial charge in [0, 0.05) is 24.1 Å². The molecule has 0 radical (unpaired) electrons. The first-order chi connectivity index (χ1) is 10.9. The number of phenols is 1. The maximum atomic E-state index is 12.2. The van der Waals surface area contributed by atoms with Gasteiger partial charge in [-0.15, -0.1) is 0 Å². The number of hydrogen-bond acceptors (Lipinski definition) is 3. The van der Waals surface area contributed by atoms with E-state index in [1.165, 1.54) is 13.0 Å². The Morgan fingerprint density at radius 2 is 1.83 bits per heavy atom. The average molecular weight is 333 g/mol. The number of amides is 2. The lowest BCUT2D eigenvalue weighted by Crippen LogP contribution is -2.19.